The first kappa shape index (κ1) is 11.3. The Morgan fingerprint density at radius 2 is 2.43 bits per heavy atom. The summed E-state index contributed by atoms with van der Waals surface area (Å²) in [5.74, 6) is -0.272. The summed E-state index contributed by atoms with van der Waals surface area (Å²) in [4.78, 5) is 22.6. The van der Waals surface area contributed by atoms with Crippen LogP contribution < -0.4 is 0 Å². The average molecular weight is 216 g/mol. The smallest absolute Gasteiger partial charge is 0.342 e. The maximum Gasteiger partial charge on any atom is 0.342 e. The second kappa shape index (κ2) is 4.14. The lowest BCUT2D eigenvalue weighted by molar-refractivity contribution is -0.159. The van der Waals surface area contributed by atoms with Gasteiger partial charge in [-0.1, -0.05) is 17.8 Å². The van der Waals surface area contributed by atoms with E-state index in [1.165, 1.54) is 6.92 Å². The van der Waals surface area contributed by atoms with Gasteiger partial charge in [-0.2, -0.15) is 0 Å². The Hall–Kier alpha value is -0.810. The minimum Gasteiger partial charge on any atom is -0.464 e. The molecule has 0 saturated heterocycles. The van der Waals surface area contributed by atoms with Gasteiger partial charge in [-0.05, 0) is 13.8 Å². The van der Waals surface area contributed by atoms with Crippen LogP contribution in [-0.4, -0.2) is 34.2 Å². The minimum atomic E-state index is -1.81. The van der Waals surface area contributed by atoms with E-state index in [4.69, 9.17) is 0 Å². The van der Waals surface area contributed by atoms with E-state index in [1.807, 2.05) is 0 Å². The highest BCUT2D eigenvalue weighted by Crippen LogP contribution is 2.29. The lowest BCUT2D eigenvalue weighted by Gasteiger charge is -2.20. The molecule has 1 atom stereocenters. The largest absolute Gasteiger partial charge is 0.464 e. The maximum absolute atomic E-state index is 11.3. The van der Waals surface area contributed by atoms with Gasteiger partial charge in [0.05, 0.1) is 6.61 Å². The first-order valence-corrected chi connectivity index (χ1v) is 5.26. The summed E-state index contributed by atoms with van der Waals surface area (Å²) in [7, 11) is 0. The van der Waals surface area contributed by atoms with Crippen LogP contribution in [-0.2, 0) is 14.3 Å². The fraction of sp³-hybridized carbons (Fsp3) is 0.556. The van der Waals surface area contributed by atoms with Crippen molar-refractivity contribution in [2.45, 2.75) is 19.4 Å². The van der Waals surface area contributed by atoms with Crippen molar-refractivity contribution in [3.8, 4) is 0 Å². The zero-order valence-electron chi connectivity index (χ0n) is 8.07. The monoisotopic (exact) mass is 216 g/mol. The molecule has 4 nitrogen and oxygen atoms in total. The highest BCUT2D eigenvalue weighted by atomic mass is 32.2. The third kappa shape index (κ3) is 1.99. The van der Waals surface area contributed by atoms with Gasteiger partial charge >= 0.3 is 5.97 Å². The van der Waals surface area contributed by atoms with Crippen molar-refractivity contribution < 1.29 is 19.4 Å². The van der Waals surface area contributed by atoms with Crippen LogP contribution in [0.5, 0.6) is 0 Å². The number of hydrogen-bond acceptors (Lipinski definition) is 5. The fourth-order valence-electron chi connectivity index (χ4n) is 1.14. The van der Waals surface area contributed by atoms with Gasteiger partial charge in [-0.3, -0.25) is 4.79 Å². The van der Waals surface area contributed by atoms with Gasteiger partial charge in [0.15, 0.2) is 5.60 Å². The topological polar surface area (TPSA) is 63.6 Å². The van der Waals surface area contributed by atoms with Gasteiger partial charge in [0, 0.05) is 11.3 Å². The molecule has 0 saturated carbocycles. The predicted octanol–water partition coefficient (Wildman–Crippen LogP) is 0.500. The van der Waals surface area contributed by atoms with Crippen molar-refractivity contribution in [2.24, 2.45) is 0 Å². The van der Waals surface area contributed by atoms with Crippen molar-refractivity contribution in [2.75, 3.05) is 12.4 Å². The van der Waals surface area contributed by atoms with E-state index in [0.717, 1.165) is 11.8 Å². The van der Waals surface area contributed by atoms with E-state index in [9.17, 15) is 14.7 Å². The summed E-state index contributed by atoms with van der Waals surface area (Å²) in [6.07, 6.45) is 1.56. The van der Waals surface area contributed by atoms with Crippen LogP contribution in [0.15, 0.2) is 11.6 Å². The summed E-state index contributed by atoms with van der Waals surface area (Å²) in [6, 6.07) is 0. The molecular weight excluding hydrogens is 204 g/mol. The number of aliphatic hydroxyl groups is 1. The molecule has 1 heterocycles. The molecule has 0 aromatic rings. The molecule has 1 aliphatic rings. The van der Waals surface area contributed by atoms with E-state index >= 15 is 0 Å². The standard InChI is InChI=1S/C9H12O4S/c1-3-13-8(11)9(2,12)6-4-5-14-7(6)10/h4,12H,3,5H2,1-2H3/t9-/m0/s1. The normalized spacial score (nSPS) is 20.2. The molecule has 0 amide bonds. The zero-order valence-corrected chi connectivity index (χ0v) is 8.89. The molecule has 78 valence electrons. The van der Waals surface area contributed by atoms with Crippen molar-refractivity contribution in [1.29, 1.82) is 0 Å². The number of ether oxygens (including phenoxy) is 1. The summed E-state index contributed by atoms with van der Waals surface area (Å²) in [6.45, 7) is 3.11. The van der Waals surface area contributed by atoms with E-state index in [1.54, 1.807) is 13.0 Å². The Morgan fingerprint density at radius 3 is 2.86 bits per heavy atom. The molecule has 0 aliphatic carbocycles. The first-order chi connectivity index (χ1) is 6.50. The molecule has 0 fully saturated rings. The van der Waals surface area contributed by atoms with Gasteiger partial charge in [0.1, 0.15) is 0 Å². The van der Waals surface area contributed by atoms with E-state index in [0.29, 0.717) is 5.75 Å². The molecule has 0 bridgehead atoms. The summed E-state index contributed by atoms with van der Waals surface area (Å²) < 4.78 is 4.68. The lowest BCUT2D eigenvalue weighted by Crippen LogP contribution is -2.40. The molecule has 0 aromatic heterocycles. The third-order valence-electron chi connectivity index (χ3n) is 1.92. The van der Waals surface area contributed by atoms with Crippen LogP contribution in [0.3, 0.4) is 0 Å². The van der Waals surface area contributed by atoms with Crippen molar-refractivity contribution >= 4 is 22.8 Å². The van der Waals surface area contributed by atoms with Gasteiger partial charge in [0.25, 0.3) is 0 Å². The molecule has 5 heteroatoms. The number of carbonyl (C=O) groups is 2. The second-order valence-corrected chi connectivity index (χ2v) is 4.00. The summed E-state index contributed by atoms with van der Waals surface area (Å²) >= 11 is 1.07. The number of rotatable bonds is 3. The Labute approximate surface area is 86.3 Å². The van der Waals surface area contributed by atoms with Crippen molar-refractivity contribution in [3.63, 3.8) is 0 Å². The quantitative estimate of drug-likeness (QED) is 0.696. The van der Waals surface area contributed by atoms with Gasteiger partial charge in [-0.15, -0.1) is 0 Å². The Morgan fingerprint density at radius 1 is 1.79 bits per heavy atom. The Kier molecular flexibility index (Phi) is 3.34. The van der Waals surface area contributed by atoms with Crippen LogP contribution in [0.1, 0.15) is 13.8 Å². The van der Waals surface area contributed by atoms with E-state index in [2.05, 4.69) is 4.74 Å². The molecule has 14 heavy (non-hydrogen) atoms. The van der Waals surface area contributed by atoms with Crippen LogP contribution >= 0.6 is 11.8 Å². The van der Waals surface area contributed by atoms with Crippen LogP contribution in [0.2, 0.25) is 0 Å². The lowest BCUT2D eigenvalue weighted by atomic mass is 9.97. The molecule has 0 unspecified atom stereocenters. The van der Waals surface area contributed by atoms with Crippen molar-refractivity contribution in [3.05, 3.63) is 11.6 Å². The molecule has 0 radical (unpaired) electrons. The predicted molar refractivity (Wildman–Crippen MR) is 52.8 cm³/mol. The molecule has 0 spiro atoms. The number of thioether (sulfide) groups is 1. The summed E-state index contributed by atoms with van der Waals surface area (Å²) in [5, 5.41) is 9.55. The Balaban J connectivity index is 2.83. The number of carbonyl (C=O) groups excluding carboxylic acids is 2. The molecule has 1 rings (SSSR count). The molecule has 1 N–H and O–H groups in total. The average Bonchev–Trinajstić information content (AvgIpc) is 2.52. The maximum atomic E-state index is 11.3. The minimum absolute atomic E-state index is 0.126. The second-order valence-electron chi connectivity index (χ2n) is 3.01. The highest BCUT2D eigenvalue weighted by Gasteiger charge is 2.41. The first-order valence-electron chi connectivity index (χ1n) is 4.27. The van der Waals surface area contributed by atoms with E-state index < -0.39 is 11.6 Å². The van der Waals surface area contributed by atoms with Crippen LogP contribution in [0, 0.1) is 0 Å². The Bertz CT molecular complexity index is 293. The fourth-order valence-corrected chi connectivity index (χ4v) is 1.98. The number of hydrogen-bond donors (Lipinski definition) is 1. The van der Waals surface area contributed by atoms with Crippen molar-refractivity contribution in [1.82, 2.24) is 0 Å². The van der Waals surface area contributed by atoms with Crippen LogP contribution in [0.25, 0.3) is 0 Å². The van der Waals surface area contributed by atoms with E-state index in [-0.39, 0.29) is 17.3 Å². The molecular formula is C9H12O4S. The molecule has 1 aliphatic heterocycles. The highest BCUT2D eigenvalue weighted by molar-refractivity contribution is 8.14. The van der Waals surface area contributed by atoms with Gasteiger partial charge in [-0.25, -0.2) is 4.79 Å². The zero-order chi connectivity index (χ0) is 10.8. The van der Waals surface area contributed by atoms with Gasteiger partial charge in [0.2, 0.25) is 5.12 Å². The van der Waals surface area contributed by atoms with Crippen LogP contribution in [0.4, 0.5) is 0 Å². The molecule has 0 aromatic carbocycles. The third-order valence-corrected chi connectivity index (χ3v) is 2.73. The summed E-state index contributed by atoms with van der Waals surface area (Å²) in [5.41, 5.74) is -1.68. The number of esters is 1. The SMILES string of the molecule is CCOC(=O)[C@@](C)(O)C1=CCSC1=O. The van der Waals surface area contributed by atoms with Gasteiger partial charge < -0.3 is 9.84 Å².